The molecule has 0 N–H and O–H groups in total. The quantitative estimate of drug-likeness (QED) is 0.823. The van der Waals surface area contributed by atoms with Gasteiger partial charge in [0.25, 0.3) is 0 Å². The Labute approximate surface area is 151 Å². The summed E-state index contributed by atoms with van der Waals surface area (Å²) in [5.41, 5.74) is 0.785. The molecule has 3 heterocycles. The zero-order chi connectivity index (χ0) is 18.1. The van der Waals surface area contributed by atoms with Gasteiger partial charge in [-0.25, -0.2) is 0 Å². The van der Waals surface area contributed by atoms with Gasteiger partial charge in [-0.15, -0.1) is 5.10 Å². The van der Waals surface area contributed by atoms with Crippen molar-refractivity contribution in [3.8, 4) is 0 Å². The Morgan fingerprint density at radius 1 is 1.12 bits per heavy atom. The number of hydrogen-bond acceptors (Lipinski definition) is 6. The molecule has 2 amide bonds. The summed E-state index contributed by atoms with van der Waals surface area (Å²) in [4.78, 5) is 30.8. The SMILES string of the molecule is Cc1nnc(N2CCN(C(=O)C3CCC(=O)N3c3ccccc3)CC2)o1. The predicted molar refractivity (Wildman–Crippen MR) is 94.8 cm³/mol. The van der Waals surface area contributed by atoms with Gasteiger partial charge < -0.3 is 14.2 Å². The number of aromatic nitrogens is 2. The molecule has 1 aromatic carbocycles. The van der Waals surface area contributed by atoms with E-state index in [1.807, 2.05) is 40.1 Å². The van der Waals surface area contributed by atoms with E-state index in [4.69, 9.17) is 4.42 Å². The van der Waals surface area contributed by atoms with Crippen LogP contribution in [0.3, 0.4) is 0 Å². The van der Waals surface area contributed by atoms with Crippen molar-refractivity contribution in [1.82, 2.24) is 15.1 Å². The van der Waals surface area contributed by atoms with Gasteiger partial charge in [-0.2, -0.15) is 0 Å². The van der Waals surface area contributed by atoms with E-state index < -0.39 is 6.04 Å². The summed E-state index contributed by atoms with van der Waals surface area (Å²) in [5.74, 6) is 0.553. The molecule has 2 aliphatic rings. The first-order chi connectivity index (χ1) is 12.6. The van der Waals surface area contributed by atoms with Crippen molar-refractivity contribution in [3.05, 3.63) is 36.2 Å². The molecule has 2 saturated heterocycles. The molecule has 1 unspecified atom stereocenters. The third-order valence-corrected chi connectivity index (χ3v) is 4.91. The van der Waals surface area contributed by atoms with Crippen LogP contribution in [-0.2, 0) is 9.59 Å². The molecule has 1 atom stereocenters. The smallest absolute Gasteiger partial charge is 0.318 e. The Kier molecular flexibility index (Phi) is 4.32. The molecule has 0 spiro atoms. The second kappa shape index (κ2) is 6.78. The van der Waals surface area contributed by atoms with E-state index >= 15 is 0 Å². The molecule has 1 aromatic heterocycles. The van der Waals surface area contributed by atoms with Crippen LogP contribution in [0.4, 0.5) is 11.7 Å². The summed E-state index contributed by atoms with van der Waals surface area (Å²) in [7, 11) is 0. The lowest BCUT2D eigenvalue weighted by Crippen LogP contribution is -2.54. The summed E-state index contributed by atoms with van der Waals surface area (Å²) in [6.45, 7) is 4.19. The Morgan fingerprint density at radius 3 is 2.50 bits per heavy atom. The maximum absolute atomic E-state index is 13.0. The van der Waals surface area contributed by atoms with Crippen molar-refractivity contribution in [2.45, 2.75) is 25.8 Å². The highest BCUT2D eigenvalue weighted by Crippen LogP contribution is 2.28. The first-order valence-electron chi connectivity index (χ1n) is 8.84. The normalized spacial score (nSPS) is 20.7. The zero-order valence-corrected chi connectivity index (χ0v) is 14.7. The largest absolute Gasteiger partial charge is 0.408 e. The number of nitrogens with zero attached hydrogens (tertiary/aromatic N) is 5. The average Bonchev–Trinajstić information content (AvgIpc) is 3.28. The van der Waals surface area contributed by atoms with Crippen LogP contribution in [0.2, 0.25) is 0 Å². The molecule has 26 heavy (non-hydrogen) atoms. The Hall–Kier alpha value is -2.90. The van der Waals surface area contributed by atoms with Gasteiger partial charge in [0.05, 0.1) is 0 Å². The number of anilines is 2. The lowest BCUT2D eigenvalue weighted by molar-refractivity contribution is -0.133. The first-order valence-corrected chi connectivity index (χ1v) is 8.84. The second-order valence-electron chi connectivity index (χ2n) is 6.57. The van der Waals surface area contributed by atoms with Gasteiger partial charge in [-0.3, -0.25) is 14.5 Å². The number of rotatable bonds is 3. The number of piperazine rings is 1. The molecular weight excluding hydrogens is 334 g/mol. The molecule has 8 heteroatoms. The first kappa shape index (κ1) is 16.6. The van der Waals surface area contributed by atoms with Crippen LogP contribution in [0.5, 0.6) is 0 Å². The fourth-order valence-corrected chi connectivity index (χ4v) is 3.57. The van der Waals surface area contributed by atoms with Crippen molar-refractivity contribution >= 4 is 23.5 Å². The fraction of sp³-hybridized carbons (Fsp3) is 0.444. The van der Waals surface area contributed by atoms with E-state index in [9.17, 15) is 9.59 Å². The Balaban J connectivity index is 1.44. The standard InChI is InChI=1S/C18H21N5O3/c1-13-19-20-18(26-13)22-11-9-21(10-12-22)17(25)15-7-8-16(24)23(15)14-5-3-2-4-6-14/h2-6,15H,7-12H2,1H3. The van der Waals surface area contributed by atoms with Gasteiger partial charge in [0.2, 0.25) is 17.7 Å². The van der Waals surface area contributed by atoms with Crippen LogP contribution in [-0.4, -0.2) is 59.1 Å². The maximum atomic E-state index is 13.0. The molecule has 2 fully saturated rings. The molecule has 0 radical (unpaired) electrons. The number of amides is 2. The van der Waals surface area contributed by atoms with Crippen molar-refractivity contribution in [2.24, 2.45) is 0 Å². The summed E-state index contributed by atoms with van der Waals surface area (Å²) in [5, 5.41) is 7.88. The van der Waals surface area contributed by atoms with E-state index in [2.05, 4.69) is 10.2 Å². The van der Waals surface area contributed by atoms with Gasteiger partial charge in [-0.1, -0.05) is 23.3 Å². The van der Waals surface area contributed by atoms with Crippen molar-refractivity contribution in [2.75, 3.05) is 36.0 Å². The topological polar surface area (TPSA) is 82.8 Å². The van der Waals surface area contributed by atoms with Crippen LogP contribution >= 0.6 is 0 Å². The van der Waals surface area contributed by atoms with Gasteiger partial charge in [0.15, 0.2) is 0 Å². The van der Waals surface area contributed by atoms with Crippen LogP contribution in [0.15, 0.2) is 34.7 Å². The monoisotopic (exact) mass is 355 g/mol. The van der Waals surface area contributed by atoms with E-state index in [0.29, 0.717) is 50.9 Å². The highest BCUT2D eigenvalue weighted by atomic mass is 16.4. The van der Waals surface area contributed by atoms with E-state index in [0.717, 1.165) is 5.69 Å². The molecule has 0 saturated carbocycles. The van der Waals surface area contributed by atoms with E-state index in [1.54, 1.807) is 11.8 Å². The van der Waals surface area contributed by atoms with Crippen molar-refractivity contribution in [1.29, 1.82) is 0 Å². The minimum atomic E-state index is -0.415. The predicted octanol–water partition coefficient (Wildman–Crippen LogP) is 1.22. The lowest BCUT2D eigenvalue weighted by Gasteiger charge is -2.36. The molecule has 0 aliphatic carbocycles. The summed E-state index contributed by atoms with van der Waals surface area (Å²) in [6.07, 6.45) is 0.974. The Morgan fingerprint density at radius 2 is 1.85 bits per heavy atom. The average molecular weight is 355 g/mol. The van der Waals surface area contributed by atoms with Crippen LogP contribution in [0.1, 0.15) is 18.7 Å². The fourth-order valence-electron chi connectivity index (χ4n) is 3.57. The van der Waals surface area contributed by atoms with Crippen molar-refractivity contribution < 1.29 is 14.0 Å². The third kappa shape index (κ3) is 3.02. The summed E-state index contributed by atoms with van der Waals surface area (Å²) >= 11 is 0. The molecule has 8 nitrogen and oxygen atoms in total. The van der Waals surface area contributed by atoms with Crippen LogP contribution in [0, 0.1) is 6.92 Å². The van der Waals surface area contributed by atoms with Gasteiger partial charge in [0, 0.05) is 45.2 Å². The lowest BCUT2D eigenvalue weighted by atomic mass is 10.1. The molecule has 0 bridgehead atoms. The van der Waals surface area contributed by atoms with E-state index in [1.165, 1.54) is 0 Å². The van der Waals surface area contributed by atoms with Gasteiger partial charge in [0.1, 0.15) is 6.04 Å². The van der Waals surface area contributed by atoms with Gasteiger partial charge >= 0.3 is 6.01 Å². The minimum Gasteiger partial charge on any atom is -0.408 e. The number of carbonyl (C=O) groups is 2. The number of hydrogen-bond donors (Lipinski definition) is 0. The second-order valence-corrected chi connectivity index (χ2v) is 6.57. The zero-order valence-electron chi connectivity index (χ0n) is 14.7. The maximum Gasteiger partial charge on any atom is 0.318 e. The molecule has 136 valence electrons. The highest BCUT2D eigenvalue weighted by molar-refractivity contribution is 6.03. The Bertz CT molecular complexity index is 798. The van der Waals surface area contributed by atoms with Gasteiger partial charge in [-0.05, 0) is 18.6 Å². The minimum absolute atomic E-state index is 0.00882. The number of para-hydroxylation sites is 1. The molecule has 2 aromatic rings. The van der Waals surface area contributed by atoms with Crippen LogP contribution < -0.4 is 9.80 Å². The summed E-state index contributed by atoms with van der Waals surface area (Å²) < 4.78 is 5.45. The number of benzene rings is 1. The summed E-state index contributed by atoms with van der Waals surface area (Å²) in [6, 6.07) is 9.50. The van der Waals surface area contributed by atoms with E-state index in [-0.39, 0.29) is 11.8 Å². The molecular formula is C18H21N5O3. The number of carbonyl (C=O) groups excluding carboxylic acids is 2. The molecule has 4 rings (SSSR count). The van der Waals surface area contributed by atoms with Crippen molar-refractivity contribution in [3.63, 3.8) is 0 Å². The van der Waals surface area contributed by atoms with Crippen LogP contribution in [0.25, 0.3) is 0 Å². The third-order valence-electron chi connectivity index (χ3n) is 4.91. The highest BCUT2D eigenvalue weighted by Gasteiger charge is 2.39. The number of aryl methyl sites for hydroxylation is 1. The molecule has 2 aliphatic heterocycles.